The zero-order chi connectivity index (χ0) is 18.1. The molecule has 0 fully saturated rings. The van der Waals surface area contributed by atoms with Crippen molar-refractivity contribution in [3.63, 3.8) is 0 Å². The van der Waals surface area contributed by atoms with Gasteiger partial charge < -0.3 is 20.9 Å². The minimum Gasteiger partial charge on any atom is -0.480 e. The number of hydrogen-bond donors (Lipinski definition) is 3. The van der Waals surface area contributed by atoms with E-state index >= 15 is 0 Å². The Morgan fingerprint density at radius 1 is 1.29 bits per heavy atom. The van der Waals surface area contributed by atoms with Crippen LogP contribution < -0.4 is 15.8 Å². The van der Waals surface area contributed by atoms with Crippen molar-refractivity contribution in [2.24, 2.45) is 5.73 Å². The highest BCUT2D eigenvalue weighted by atomic mass is 32.2. The van der Waals surface area contributed by atoms with Crippen LogP contribution in [0, 0.1) is 0 Å². The first kappa shape index (κ1) is 20.0. The third kappa shape index (κ3) is 7.01. The highest BCUT2D eigenvalue weighted by molar-refractivity contribution is 7.98. The molecule has 1 aromatic rings. The Bertz CT molecular complexity index is 576. The Hall–Kier alpha value is -2.06. The van der Waals surface area contributed by atoms with Gasteiger partial charge in [0.25, 0.3) is 0 Å². The molecule has 0 aromatic heterocycles. The summed E-state index contributed by atoms with van der Waals surface area (Å²) < 4.78 is 5.19. The first-order valence-corrected chi connectivity index (χ1v) is 8.78. The van der Waals surface area contributed by atoms with Crippen LogP contribution >= 0.6 is 11.8 Å². The Morgan fingerprint density at radius 2 is 1.92 bits per heavy atom. The number of amides is 1. The number of hydrogen-bond acceptors (Lipinski definition) is 6. The third-order valence-electron chi connectivity index (χ3n) is 3.19. The van der Waals surface area contributed by atoms with Gasteiger partial charge in [0.2, 0.25) is 5.91 Å². The second-order valence-electron chi connectivity index (χ2n) is 5.25. The van der Waals surface area contributed by atoms with Crippen LogP contribution in [0.3, 0.4) is 0 Å². The number of carboxylic acid groups (broad SMARTS) is 1. The van der Waals surface area contributed by atoms with Crippen molar-refractivity contribution >= 4 is 29.6 Å². The molecular weight excluding hydrogens is 332 g/mol. The van der Waals surface area contributed by atoms with E-state index in [1.807, 2.05) is 6.26 Å². The molecule has 2 atom stereocenters. The van der Waals surface area contributed by atoms with E-state index in [0.29, 0.717) is 17.7 Å². The average Bonchev–Trinajstić information content (AvgIpc) is 2.53. The molecule has 0 unspecified atom stereocenters. The Kier molecular flexibility index (Phi) is 8.28. The lowest BCUT2D eigenvalue weighted by atomic mass is 10.1. The number of aliphatic carboxylic acids is 1. The number of carbonyl (C=O) groups is 3. The van der Waals surface area contributed by atoms with Gasteiger partial charge in [0.1, 0.15) is 17.8 Å². The predicted molar refractivity (Wildman–Crippen MR) is 92.0 cm³/mol. The zero-order valence-corrected chi connectivity index (χ0v) is 14.5. The minimum atomic E-state index is -1.11. The molecule has 0 bridgehead atoms. The van der Waals surface area contributed by atoms with Crippen molar-refractivity contribution in [1.29, 1.82) is 0 Å². The van der Waals surface area contributed by atoms with Crippen molar-refractivity contribution in [3.05, 3.63) is 29.8 Å². The molecule has 24 heavy (non-hydrogen) atoms. The lowest BCUT2D eigenvalue weighted by molar-refractivity contribution is -0.141. The normalized spacial score (nSPS) is 13.0. The second-order valence-corrected chi connectivity index (χ2v) is 6.23. The van der Waals surface area contributed by atoms with Gasteiger partial charge in [-0.25, -0.2) is 9.59 Å². The molecule has 7 nitrogen and oxygen atoms in total. The predicted octanol–water partition coefficient (Wildman–Crippen LogP) is 0.804. The second kappa shape index (κ2) is 9.94. The van der Waals surface area contributed by atoms with Crippen LogP contribution in [0.4, 0.5) is 0 Å². The van der Waals surface area contributed by atoms with Crippen molar-refractivity contribution < 1.29 is 24.2 Å². The Balaban J connectivity index is 2.63. The van der Waals surface area contributed by atoms with Gasteiger partial charge in [-0.05, 0) is 36.1 Å². The van der Waals surface area contributed by atoms with Crippen molar-refractivity contribution in [2.75, 3.05) is 12.0 Å². The summed E-state index contributed by atoms with van der Waals surface area (Å²) in [5, 5.41) is 11.5. The highest BCUT2D eigenvalue weighted by Gasteiger charge is 2.19. The molecule has 0 saturated heterocycles. The molecule has 8 heteroatoms. The van der Waals surface area contributed by atoms with E-state index in [2.05, 4.69) is 5.32 Å². The molecule has 0 aliphatic heterocycles. The standard InChI is InChI=1S/C16H22N2O5S/c1-10(19)18-14(15(20)21)9-11-3-5-12(6-4-11)23-16(22)13(17)7-8-24-2/h3-6,13-14H,7-9,17H2,1-2H3,(H,18,19)(H,20,21)/t13-,14-/m0/s1. The maximum atomic E-state index is 11.8. The smallest absolute Gasteiger partial charge is 0.328 e. The van der Waals surface area contributed by atoms with E-state index in [0.717, 1.165) is 5.75 Å². The van der Waals surface area contributed by atoms with Gasteiger partial charge in [-0.2, -0.15) is 11.8 Å². The maximum Gasteiger partial charge on any atom is 0.328 e. The molecular formula is C16H22N2O5S. The molecule has 1 rings (SSSR count). The first-order valence-electron chi connectivity index (χ1n) is 7.38. The molecule has 1 amide bonds. The van der Waals surface area contributed by atoms with Crippen LogP contribution in [-0.2, 0) is 20.8 Å². The number of rotatable bonds is 9. The minimum absolute atomic E-state index is 0.135. The van der Waals surface area contributed by atoms with Crippen LogP contribution in [0.25, 0.3) is 0 Å². The number of benzene rings is 1. The lowest BCUT2D eigenvalue weighted by Crippen LogP contribution is -2.41. The first-order chi connectivity index (χ1) is 11.3. The van der Waals surface area contributed by atoms with Crippen molar-refractivity contribution in [1.82, 2.24) is 5.32 Å². The lowest BCUT2D eigenvalue weighted by Gasteiger charge is -2.14. The molecule has 1 aromatic carbocycles. The van der Waals surface area contributed by atoms with Crippen molar-refractivity contribution in [2.45, 2.75) is 31.8 Å². The fraction of sp³-hybridized carbons (Fsp3) is 0.438. The summed E-state index contributed by atoms with van der Waals surface area (Å²) in [6.07, 6.45) is 2.60. The van der Waals surface area contributed by atoms with Crippen LogP contribution in [0.2, 0.25) is 0 Å². The summed E-state index contributed by atoms with van der Waals surface area (Å²) >= 11 is 1.60. The third-order valence-corrected chi connectivity index (χ3v) is 3.84. The molecule has 0 aliphatic carbocycles. The quantitative estimate of drug-likeness (QED) is 0.443. The number of ether oxygens (including phenoxy) is 1. The molecule has 0 aliphatic rings. The molecule has 132 valence electrons. The van der Waals surface area contributed by atoms with Gasteiger partial charge in [-0.3, -0.25) is 4.79 Å². The van der Waals surface area contributed by atoms with Gasteiger partial charge in [0, 0.05) is 13.3 Å². The van der Waals surface area contributed by atoms with Gasteiger partial charge in [0.15, 0.2) is 0 Å². The number of nitrogens with two attached hydrogens (primary N) is 1. The summed E-state index contributed by atoms with van der Waals surface area (Å²) in [7, 11) is 0. The van der Waals surface area contributed by atoms with Gasteiger partial charge in [-0.1, -0.05) is 12.1 Å². The molecule has 0 saturated carbocycles. The number of carboxylic acids is 1. The van der Waals surface area contributed by atoms with Crippen molar-refractivity contribution in [3.8, 4) is 5.75 Å². The monoisotopic (exact) mass is 354 g/mol. The summed E-state index contributed by atoms with van der Waals surface area (Å²) in [6, 6.07) is 4.76. The highest BCUT2D eigenvalue weighted by Crippen LogP contribution is 2.15. The summed E-state index contributed by atoms with van der Waals surface area (Å²) in [5.41, 5.74) is 6.43. The van der Waals surface area contributed by atoms with E-state index in [9.17, 15) is 14.4 Å². The molecule has 0 heterocycles. The topological polar surface area (TPSA) is 119 Å². The fourth-order valence-electron chi connectivity index (χ4n) is 1.93. The number of carbonyl (C=O) groups excluding carboxylic acids is 2. The summed E-state index contributed by atoms with van der Waals surface area (Å²) in [4.78, 5) is 33.9. The fourth-order valence-corrected chi connectivity index (χ4v) is 2.42. The van der Waals surface area contributed by atoms with Gasteiger partial charge in [0.05, 0.1) is 0 Å². The van der Waals surface area contributed by atoms with Crippen LogP contribution in [-0.4, -0.2) is 47.0 Å². The van der Waals surface area contributed by atoms with E-state index in [4.69, 9.17) is 15.6 Å². The summed E-state index contributed by atoms with van der Waals surface area (Å²) in [6.45, 7) is 1.26. The zero-order valence-electron chi connectivity index (χ0n) is 13.7. The van der Waals surface area contributed by atoms with Gasteiger partial charge in [-0.15, -0.1) is 0 Å². The van der Waals surface area contributed by atoms with E-state index in [1.165, 1.54) is 6.92 Å². The SMILES string of the molecule is CSCC[C@H](N)C(=O)Oc1ccc(C[C@H](NC(C)=O)C(=O)O)cc1. The summed E-state index contributed by atoms with van der Waals surface area (Å²) in [5.74, 6) is -0.907. The van der Waals surface area contributed by atoms with Crippen LogP contribution in [0.1, 0.15) is 18.9 Å². The van der Waals surface area contributed by atoms with Gasteiger partial charge >= 0.3 is 11.9 Å². The molecule has 4 N–H and O–H groups in total. The number of thioether (sulfide) groups is 1. The van der Waals surface area contributed by atoms with E-state index < -0.39 is 29.9 Å². The Labute approximate surface area is 144 Å². The van der Waals surface area contributed by atoms with Crippen LogP contribution in [0.5, 0.6) is 5.75 Å². The molecule has 0 spiro atoms. The number of nitrogens with one attached hydrogen (secondary N) is 1. The van der Waals surface area contributed by atoms with E-state index in [-0.39, 0.29) is 6.42 Å². The Morgan fingerprint density at radius 3 is 2.42 bits per heavy atom. The average molecular weight is 354 g/mol. The number of esters is 1. The van der Waals surface area contributed by atoms with E-state index in [1.54, 1.807) is 36.0 Å². The van der Waals surface area contributed by atoms with Crippen LogP contribution in [0.15, 0.2) is 24.3 Å². The molecule has 0 radical (unpaired) electrons. The maximum absolute atomic E-state index is 11.8. The largest absolute Gasteiger partial charge is 0.480 e.